The number of nitrogens with zero attached hydrogens (tertiary/aromatic N) is 3. The zero-order valence-electron chi connectivity index (χ0n) is 17.4. The van der Waals surface area contributed by atoms with Crippen LogP contribution in [0.5, 0.6) is 11.5 Å². The highest BCUT2D eigenvalue weighted by Crippen LogP contribution is 2.37. The van der Waals surface area contributed by atoms with Crippen LogP contribution in [0.3, 0.4) is 0 Å². The van der Waals surface area contributed by atoms with Gasteiger partial charge in [0.1, 0.15) is 21.3 Å². The van der Waals surface area contributed by atoms with E-state index in [0.717, 1.165) is 62.4 Å². The molecular weight excluding hydrogens is 450 g/mol. The van der Waals surface area contributed by atoms with E-state index in [2.05, 4.69) is 0 Å². The van der Waals surface area contributed by atoms with Crippen LogP contribution in [0.2, 0.25) is 0 Å². The molecule has 0 fully saturated rings. The molecule has 160 valence electrons. The van der Waals surface area contributed by atoms with Gasteiger partial charge < -0.3 is 9.47 Å². The number of hydrogen-bond acceptors (Lipinski definition) is 8. The molecule has 0 amide bonds. The average molecular weight is 472 g/mol. The monoisotopic (exact) mass is 471 g/mol. The lowest BCUT2D eigenvalue weighted by molar-refractivity contribution is 0.395. The molecule has 31 heavy (non-hydrogen) atoms. The van der Waals surface area contributed by atoms with Crippen LogP contribution in [0.25, 0.3) is 20.8 Å². The number of fused-ring (bicyclic) bond motifs is 3. The van der Waals surface area contributed by atoms with Crippen molar-refractivity contribution >= 4 is 44.7 Å². The molecule has 0 saturated carbocycles. The fraction of sp³-hybridized carbons (Fsp3) is 0.318. The number of aryl methyl sites for hydroxylation is 2. The van der Waals surface area contributed by atoms with Crippen LogP contribution in [-0.2, 0) is 25.6 Å². The molecule has 4 aromatic rings. The smallest absolute Gasteiger partial charge is 0.262 e. The topological polar surface area (TPSA) is 66.2 Å². The molecule has 0 atom stereocenters. The van der Waals surface area contributed by atoms with E-state index in [1.807, 2.05) is 30.6 Å². The van der Waals surface area contributed by atoms with Gasteiger partial charge >= 0.3 is 0 Å². The Kier molecular flexibility index (Phi) is 5.49. The molecular formula is C22H21N3O3S3. The number of thiophene rings is 1. The molecule has 6 nitrogen and oxygen atoms in total. The van der Waals surface area contributed by atoms with Gasteiger partial charge in [0.05, 0.1) is 30.9 Å². The molecule has 0 radical (unpaired) electrons. The Morgan fingerprint density at radius 1 is 1.19 bits per heavy atom. The normalized spacial score (nSPS) is 13.0. The zero-order chi connectivity index (χ0) is 21.5. The Labute approximate surface area is 191 Å². The van der Waals surface area contributed by atoms with Gasteiger partial charge in [0, 0.05) is 29.1 Å². The molecule has 1 aliphatic rings. The minimum Gasteiger partial charge on any atom is -0.497 e. The van der Waals surface area contributed by atoms with Gasteiger partial charge in [0.15, 0.2) is 5.16 Å². The fourth-order valence-electron chi connectivity index (χ4n) is 3.85. The molecule has 0 spiro atoms. The summed E-state index contributed by atoms with van der Waals surface area (Å²) < 4.78 is 12.5. The third-order valence-electron chi connectivity index (χ3n) is 5.45. The molecule has 9 heteroatoms. The molecule has 5 rings (SSSR count). The summed E-state index contributed by atoms with van der Waals surface area (Å²) in [7, 11) is 5.09. The molecule has 0 aliphatic heterocycles. The fourth-order valence-corrected chi connectivity index (χ4v) is 6.97. The van der Waals surface area contributed by atoms with Crippen LogP contribution in [-0.4, -0.2) is 28.8 Å². The first-order valence-corrected chi connectivity index (χ1v) is 12.6. The minimum atomic E-state index is 0.0637. The Hall–Kier alpha value is -2.36. The highest BCUT2D eigenvalue weighted by Gasteiger charge is 2.22. The van der Waals surface area contributed by atoms with Gasteiger partial charge in [-0.05, 0) is 37.0 Å². The summed E-state index contributed by atoms with van der Waals surface area (Å²) in [5.41, 5.74) is 3.17. The molecule has 0 unspecified atom stereocenters. The third kappa shape index (κ3) is 3.64. The maximum absolute atomic E-state index is 13.0. The van der Waals surface area contributed by atoms with E-state index >= 15 is 0 Å². The van der Waals surface area contributed by atoms with Crippen LogP contribution in [0.1, 0.15) is 22.6 Å². The second-order valence-corrected chi connectivity index (χ2v) is 10.2. The van der Waals surface area contributed by atoms with Gasteiger partial charge in [0.25, 0.3) is 5.56 Å². The van der Waals surface area contributed by atoms with Gasteiger partial charge in [-0.1, -0.05) is 11.8 Å². The summed E-state index contributed by atoms with van der Waals surface area (Å²) in [6.07, 6.45) is 3.20. The van der Waals surface area contributed by atoms with Gasteiger partial charge in [0.2, 0.25) is 0 Å². The first-order valence-electron chi connectivity index (χ1n) is 9.90. The number of aromatic nitrogens is 3. The molecule has 1 aromatic carbocycles. The molecule has 3 heterocycles. The van der Waals surface area contributed by atoms with Crippen molar-refractivity contribution in [2.75, 3.05) is 14.2 Å². The summed E-state index contributed by atoms with van der Waals surface area (Å²) in [5.74, 6) is 2.12. The van der Waals surface area contributed by atoms with Crippen molar-refractivity contribution in [2.45, 2.75) is 30.2 Å². The molecule has 0 bridgehead atoms. The van der Waals surface area contributed by atoms with Gasteiger partial charge in [-0.15, -0.1) is 22.7 Å². The summed E-state index contributed by atoms with van der Waals surface area (Å²) in [6, 6.07) is 5.72. The number of benzene rings is 1. The van der Waals surface area contributed by atoms with E-state index in [1.54, 1.807) is 53.2 Å². The Balaban J connectivity index is 1.39. The van der Waals surface area contributed by atoms with E-state index in [1.165, 1.54) is 10.4 Å². The Bertz CT molecular complexity index is 1340. The minimum absolute atomic E-state index is 0.0637. The van der Waals surface area contributed by atoms with Crippen molar-refractivity contribution in [3.8, 4) is 22.1 Å². The second-order valence-electron chi connectivity index (χ2n) is 7.29. The van der Waals surface area contributed by atoms with E-state index in [9.17, 15) is 4.79 Å². The van der Waals surface area contributed by atoms with Crippen molar-refractivity contribution in [3.05, 3.63) is 50.1 Å². The summed E-state index contributed by atoms with van der Waals surface area (Å²) >= 11 is 4.80. The van der Waals surface area contributed by atoms with Crippen molar-refractivity contribution in [2.24, 2.45) is 7.05 Å². The lowest BCUT2D eigenvalue weighted by atomic mass is 10.2. The van der Waals surface area contributed by atoms with E-state index in [0.29, 0.717) is 5.75 Å². The molecule has 0 N–H and O–H groups in total. The van der Waals surface area contributed by atoms with Crippen molar-refractivity contribution in [3.63, 3.8) is 0 Å². The number of hydrogen-bond donors (Lipinski definition) is 0. The molecule has 0 saturated heterocycles. The summed E-state index contributed by atoms with van der Waals surface area (Å²) in [4.78, 5) is 24.8. The maximum Gasteiger partial charge on any atom is 0.262 e. The summed E-state index contributed by atoms with van der Waals surface area (Å²) in [6.45, 7) is 0. The summed E-state index contributed by atoms with van der Waals surface area (Å²) in [5, 5.41) is 4.49. The van der Waals surface area contributed by atoms with Crippen LogP contribution in [0.15, 0.2) is 33.5 Å². The van der Waals surface area contributed by atoms with Crippen LogP contribution in [0, 0.1) is 0 Å². The van der Waals surface area contributed by atoms with Crippen molar-refractivity contribution in [1.29, 1.82) is 0 Å². The van der Waals surface area contributed by atoms with Crippen LogP contribution < -0.4 is 15.0 Å². The van der Waals surface area contributed by atoms with Crippen LogP contribution in [0.4, 0.5) is 0 Å². The standard InChI is InChI=1S/C22H21N3O3S3/c1-25-21(26)18-15-5-4-6-17(15)31-20(18)24-22(25)30-11-12-10-29-19(23-12)14-8-7-13(27-2)9-16(14)28-3/h7-10H,4-6,11H2,1-3H3. The number of thiazole rings is 1. The average Bonchev–Trinajstić information content (AvgIpc) is 3.50. The molecule has 3 aromatic heterocycles. The first kappa shape index (κ1) is 20.5. The predicted octanol–water partition coefficient (Wildman–Crippen LogP) is 4.92. The quantitative estimate of drug-likeness (QED) is 0.294. The van der Waals surface area contributed by atoms with Crippen molar-refractivity contribution in [1.82, 2.24) is 14.5 Å². The van der Waals surface area contributed by atoms with Crippen molar-refractivity contribution < 1.29 is 9.47 Å². The Morgan fingerprint density at radius 3 is 2.87 bits per heavy atom. The zero-order valence-corrected chi connectivity index (χ0v) is 19.9. The van der Waals surface area contributed by atoms with E-state index in [4.69, 9.17) is 19.4 Å². The van der Waals surface area contributed by atoms with Gasteiger partial charge in [-0.2, -0.15) is 0 Å². The number of thioether (sulfide) groups is 1. The third-order valence-corrected chi connectivity index (χ3v) is 8.62. The largest absolute Gasteiger partial charge is 0.497 e. The second kappa shape index (κ2) is 8.29. The highest BCUT2D eigenvalue weighted by molar-refractivity contribution is 7.98. The number of rotatable bonds is 6. The SMILES string of the molecule is COc1ccc(-c2nc(CSc3nc4sc5c(c4c(=O)n3C)CCC5)cs2)c(OC)c1. The lowest BCUT2D eigenvalue weighted by Gasteiger charge is -2.08. The predicted molar refractivity (Wildman–Crippen MR) is 127 cm³/mol. The number of ether oxygens (including phenoxy) is 2. The number of methoxy groups -OCH3 is 2. The van der Waals surface area contributed by atoms with E-state index < -0.39 is 0 Å². The highest BCUT2D eigenvalue weighted by atomic mass is 32.2. The molecule has 1 aliphatic carbocycles. The van der Waals surface area contributed by atoms with Crippen LogP contribution >= 0.6 is 34.4 Å². The van der Waals surface area contributed by atoms with Gasteiger partial charge in [-0.25, -0.2) is 9.97 Å². The van der Waals surface area contributed by atoms with E-state index in [-0.39, 0.29) is 5.56 Å². The van der Waals surface area contributed by atoms with Gasteiger partial charge in [-0.3, -0.25) is 9.36 Å². The Morgan fingerprint density at radius 2 is 2.06 bits per heavy atom. The first-order chi connectivity index (χ1) is 15.1. The maximum atomic E-state index is 13.0. The lowest BCUT2D eigenvalue weighted by Crippen LogP contribution is -2.20.